The van der Waals surface area contributed by atoms with Crippen LogP contribution >= 0.6 is 0 Å². The first-order valence-corrected chi connectivity index (χ1v) is 8.52. The normalized spacial score (nSPS) is 11.5. The Bertz CT molecular complexity index is 1270. The number of rotatable bonds is 2. The monoisotopic (exact) mass is 338 g/mol. The highest BCUT2D eigenvalue weighted by atomic mass is 16.4. The first-order chi connectivity index (χ1) is 12.7. The second-order valence-corrected chi connectivity index (χ2v) is 6.45. The van der Waals surface area contributed by atoms with E-state index >= 15 is 0 Å². The van der Waals surface area contributed by atoms with E-state index in [2.05, 4.69) is 24.3 Å². The van der Waals surface area contributed by atoms with Gasteiger partial charge in [0.2, 0.25) is 0 Å². The first-order valence-electron chi connectivity index (χ1n) is 8.52. The third kappa shape index (κ3) is 2.24. The Morgan fingerprint density at radius 3 is 2.35 bits per heavy atom. The lowest BCUT2D eigenvalue weighted by Crippen LogP contribution is -2.29. The van der Waals surface area contributed by atoms with Gasteiger partial charge in [-0.25, -0.2) is 0 Å². The molecule has 1 aromatic heterocycles. The first kappa shape index (κ1) is 15.2. The number of hydrogen-bond donors (Lipinski definition) is 2. The van der Waals surface area contributed by atoms with Crippen LogP contribution < -0.4 is 5.46 Å². The van der Waals surface area contributed by atoms with E-state index < -0.39 is 7.12 Å². The highest BCUT2D eigenvalue weighted by Gasteiger charge is 2.17. The van der Waals surface area contributed by atoms with E-state index in [1.165, 1.54) is 0 Å². The maximum Gasteiger partial charge on any atom is 0.488 e. The second-order valence-electron chi connectivity index (χ2n) is 6.45. The average molecular weight is 338 g/mol. The van der Waals surface area contributed by atoms with E-state index in [4.69, 9.17) is 4.42 Å². The summed E-state index contributed by atoms with van der Waals surface area (Å²) in [5.74, 6) is 0. The zero-order valence-corrected chi connectivity index (χ0v) is 13.9. The van der Waals surface area contributed by atoms with Crippen LogP contribution in [0.3, 0.4) is 0 Å². The number of benzene rings is 4. The third-order valence-corrected chi connectivity index (χ3v) is 4.87. The van der Waals surface area contributed by atoms with Crippen molar-refractivity contribution >= 4 is 45.3 Å². The molecule has 0 unspecified atom stereocenters. The van der Waals surface area contributed by atoms with Gasteiger partial charge in [-0.1, -0.05) is 66.7 Å². The molecule has 0 saturated carbocycles. The molecule has 0 fully saturated rings. The number of fused-ring (bicyclic) bond motifs is 5. The van der Waals surface area contributed by atoms with Crippen LogP contribution in [0.15, 0.2) is 83.3 Å². The van der Waals surface area contributed by atoms with Crippen molar-refractivity contribution in [2.24, 2.45) is 0 Å². The van der Waals surface area contributed by atoms with Gasteiger partial charge in [0, 0.05) is 16.3 Å². The fourth-order valence-electron chi connectivity index (χ4n) is 3.66. The fourth-order valence-corrected chi connectivity index (χ4v) is 3.66. The molecule has 0 spiro atoms. The molecule has 5 aromatic rings. The Balaban J connectivity index is 1.94. The summed E-state index contributed by atoms with van der Waals surface area (Å²) in [6.07, 6.45) is 0. The highest BCUT2D eigenvalue weighted by Crippen LogP contribution is 2.40. The van der Waals surface area contributed by atoms with Crippen molar-refractivity contribution in [3.05, 3.63) is 78.9 Å². The summed E-state index contributed by atoms with van der Waals surface area (Å²) in [6, 6.07) is 25.7. The van der Waals surface area contributed by atoms with Crippen molar-refractivity contribution < 1.29 is 14.5 Å². The molecular weight excluding hydrogens is 323 g/mol. The van der Waals surface area contributed by atoms with Crippen molar-refractivity contribution in [2.75, 3.05) is 0 Å². The van der Waals surface area contributed by atoms with Crippen LogP contribution in [-0.2, 0) is 0 Å². The predicted molar refractivity (Wildman–Crippen MR) is 106 cm³/mol. The van der Waals surface area contributed by atoms with Gasteiger partial charge in [-0.3, -0.25) is 0 Å². The topological polar surface area (TPSA) is 53.6 Å². The van der Waals surface area contributed by atoms with Crippen LogP contribution in [0.4, 0.5) is 0 Å². The van der Waals surface area contributed by atoms with Crippen molar-refractivity contribution in [1.29, 1.82) is 0 Å². The maximum absolute atomic E-state index is 9.53. The SMILES string of the molecule is OB(O)c1cccc(-c2cc3ccccc3c3c2oc2ccccc23)c1. The van der Waals surface area contributed by atoms with Crippen LogP contribution in [-0.4, -0.2) is 17.2 Å². The quantitative estimate of drug-likeness (QED) is 0.477. The Hall–Kier alpha value is -3.08. The van der Waals surface area contributed by atoms with E-state index in [9.17, 15) is 10.0 Å². The molecule has 124 valence electrons. The molecular formula is C22H15BO3. The summed E-state index contributed by atoms with van der Waals surface area (Å²) in [5.41, 5.74) is 3.95. The molecule has 0 saturated heterocycles. The summed E-state index contributed by atoms with van der Waals surface area (Å²) in [5, 5.41) is 23.5. The molecule has 2 N–H and O–H groups in total. The molecule has 1 heterocycles. The highest BCUT2D eigenvalue weighted by molar-refractivity contribution is 6.58. The van der Waals surface area contributed by atoms with Crippen molar-refractivity contribution in [1.82, 2.24) is 0 Å². The van der Waals surface area contributed by atoms with E-state index in [-0.39, 0.29) is 0 Å². The zero-order valence-electron chi connectivity index (χ0n) is 13.9. The Morgan fingerprint density at radius 1 is 0.731 bits per heavy atom. The van der Waals surface area contributed by atoms with Crippen molar-refractivity contribution in [3.8, 4) is 11.1 Å². The van der Waals surface area contributed by atoms with Crippen LogP contribution in [0.1, 0.15) is 0 Å². The number of para-hydroxylation sites is 1. The van der Waals surface area contributed by atoms with Crippen LogP contribution in [0.2, 0.25) is 0 Å². The molecule has 0 radical (unpaired) electrons. The van der Waals surface area contributed by atoms with E-state index in [0.29, 0.717) is 5.46 Å². The molecule has 3 nitrogen and oxygen atoms in total. The molecule has 4 heteroatoms. The molecule has 0 atom stereocenters. The minimum absolute atomic E-state index is 0.458. The molecule has 0 bridgehead atoms. The molecule has 4 aromatic carbocycles. The Kier molecular flexibility index (Phi) is 3.35. The van der Waals surface area contributed by atoms with Gasteiger partial charge in [-0.15, -0.1) is 0 Å². The van der Waals surface area contributed by atoms with Crippen LogP contribution in [0.5, 0.6) is 0 Å². The average Bonchev–Trinajstić information content (AvgIpc) is 3.07. The molecule has 0 aliphatic carbocycles. The lowest BCUT2D eigenvalue weighted by atomic mass is 9.79. The standard InChI is InChI=1S/C22H15BO3/c24-23(25)16-8-5-7-14(12-16)19-13-15-6-1-2-9-17(15)21-18-10-3-4-11-20(18)26-22(19)21/h1-13,24-25H. The molecule has 26 heavy (non-hydrogen) atoms. The fraction of sp³-hybridized carbons (Fsp3) is 0. The number of furan rings is 1. The minimum Gasteiger partial charge on any atom is -0.455 e. The summed E-state index contributed by atoms with van der Waals surface area (Å²) < 4.78 is 6.22. The van der Waals surface area contributed by atoms with E-state index in [1.807, 2.05) is 42.5 Å². The van der Waals surface area contributed by atoms with Gasteiger partial charge in [0.25, 0.3) is 0 Å². The second kappa shape index (κ2) is 5.73. The zero-order chi connectivity index (χ0) is 17.7. The summed E-state index contributed by atoms with van der Waals surface area (Å²) in [4.78, 5) is 0. The van der Waals surface area contributed by atoms with Gasteiger partial charge in [0.15, 0.2) is 0 Å². The number of hydrogen-bond acceptors (Lipinski definition) is 3. The van der Waals surface area contributed by atoms with Gasteiger partial charge >= 0.3 is 7.12 Å². The van der Waals surface area contributed by atoms with E-state index in [0.717, 1.165) is 43.8 Å². The predicted octanol–water partition coefficient (Wildman–Crippen LogP) is 4.09. The van der Waals surface area contributed by atoms with E-state index in [1.54, 1.807) is 12.1 Å². The third-order valence-electron chi connectivity index (χ3n) is 4.87. The largest absolute Gasteiger partial charge is 0.488 e. The summed E-state index contributed by atoms with van der Waals surface area (Å²) in [6.45, 7) is 0. The summed E-state index contributed by atoms with van der Waals surface area (Å²) >= 11 is 0. The summed E-state index contributed by atoms with van der Waals surface area (Å²) in [7, 11) is -1.50. The Morgan fingerprint density at radius 2 is 1.50 bits per heavy atom. The van der Waals surface area contributed by atoms with Crippen molar-refractivity contribution in [2.45, 2.75) is 0 Å². The maximum atomic E-state index is 9.53. The molecule has 0 aliphatic rings. The molecule has 5 rings (SSSR count). The molecule has 0 amide bonds. The van der Waals surface area contributed by atoms with Gasteiger partial charge in [-0.2, -0.15) is 0 Å². The van der Waals surface area contributed by atoms with Gasteiger partial charge in [0.1, 0.15) is 11.2 Å². The van der Waals surface area contributed by atoms with Crippen molar-refractivity contribution in [3.63, 3.8) is 0 Å². The van der Waals surface area contributed by atoms with Crippen LogP contribution in [0.25, 0.3) is 43.8 Å². The van der Waals surface area contributed by atoms with Gasteiger partial charge in [0.05, 0.1) is 0 Å². The smallest absolute Gasteiger partial charge is 0.455 e. The lowest BCUT2D eigenvalue weighted by molar-refractivity contribution is 0.426. The van der Waals surface area contributed by atoms with Crippen LogP contribution in [0, 0.1) is 0 Å². The van der Waals surface area contributed by atoms with Gasteiger partial charge in [-0.05, 0) is 33.9 Å². The Labute approximate surface area is 150 Å². The molecule has 0 aliphatic heterocycles. The van der Waals surface area contributed by atoms with Gasteiger partial charge < -0.3 is 14.5 Å². The minimum atomic E-state index is -1.50. The lowest BCUT2D eigenvalue weighted by Gasteiger charge is -2.08.